The third-order valence-corrected chi connectivity index (χ3v) is 6.22. The molecule has 0 heterocycles. The van der Waals surface area contributed by atoms with Crippen LogP contribution < -0.4 is 4.74 Å². The average Bonchev–Trinajstić information content (AvgIpc) is 3.08. The molecule has 0 aliphatic heterocycles. The van der Waals surface area contributed by atoms with Gasteiger partial charge in [0.2, 0.25) is 0 Å². The van der Waals surface area contributed by atoms with Crippen molar-refractivity contribution in [2.75, 3.05) is 0 Å². The summed E-state index contributed by atoms with van der Waals surface area (Å²) in [6, 6.07) is 49.9. The molecule has 0 saturated carbocycles. The highest BCUT2D eigenvalue weighted by molar-refractivity contribution is 5.82. The Morgan fingerprint density at radius 1 is 0.341 bits per heavy atom. The van der Waals surface area contributed by atoms with E-state index < -0.39 is 0 Å². The summed E-state index contributed by atoms with van der Waals surface area (Å²) in [4.78, 5) is 0. The minimum absolute atomic E-state index is 0.895. The van der Waals surface area contributed by atoms with Gasteiger partial charge in [-0.25, -0.2) is 0 Å². The molecule has 0 fully saturated rings. The largest absolute Gasteiger partial charge is 0.457 e. The zero-order chi connectivity index (χ0) is 29.7. The van der Waals surface area contributed by atoms with Gasteiger partial charge in [-0.05, 0) is 69.8 Å². The van der Waals surface area contributed by atoms with Gasteiger partial charge in [-0.2, -0.15) is 0 Å². The van der Waals surface area contributed by atoms with Gasteiger partial charge in [-0.15, -0.1) is 0 Å². The molecule has 0 saturated heterocycles. The first-order valence-electron chi connectivity index (χ1n) is 15.0. The van der Waals surface area contributed by atoms with Crippen LogP contribution in [0.25, 0.3) is 21.5 Å². The number of rotatable bonds is 4. The summed E-state index contributed by atoms with van der Waals surface area (Å²) in [7, 11) is 0. The van der Waals surface area contributed by atoms with Crippen LogP contribution in [0.1, 0.15) is 52.7 Å². The summed E-state index contributed by atoms with van der Waals surface area (Å²) >= 11 is 0. The zero-order valence-corrected chi connectivity index (χ0v) is 25.7. The second-order valence-corrected chi connectivity index (χ2v) is 8.79. The molecule has 41 heavy (non-hydrogen) atoms. The summed E-state index contributed by atoms with van der Waals surface area (Å²) in [5, 5.41) is 5.24. The van der Waals surface area contributed by atoms with Crippen LogP contribution in [0.5, 0.6) is 11.5 Å². The topological polar surface area (TPSA) is 9.23 Å². The number of aryl methyl sites for hydroxylation is 2. The Kier molecular flexibility index (Phi) is 15.8. The average molecular weight is 543 g/mol. The SMILES string of the molecule is CC.CC.CCc1ccc(Oc2ccc(CC)cc2)cc1.c1ccc2ccccc2c1.c1ccc2ccccc2c1. The Hall–Kier alpha value is -4.36. The van der Waals surface area contributed by atoms with E-state index in [1.54, 1.807) is 0 Å². The monoisotopic (exact) mass is 542 g/mol. The van der Waals surface area contributed by atoms with Crippen LogP contribution in [0, 0.1) is 0 Å². The third kappa shape index (κ3) is 11.3. The van der Waals surface area contributed by atoms with Crippen molar-refractivity contribution in [3.05, 3.63) is 157 Å². The van der Waals surface area contributed by atoms with Crippen LogP contribution in [0.4, 0.5) is 0 Å². The van der Waals surface area contributed by atoms with Crippen molar-refractivity contribution >= 4 is 21.5 Å². The van der Waals surface area contributed by atoms with Crippen molar-refractivity contribution in [3.8, 4) is 11.5 Å². The van der Waals surface area contributed by atoms with Crippen molar-refractivity contribution < 1.29 is 4.74 Å². The normalized spacial score (nSPS) is 9.41. The van der Waals surface area contributed by atoms with Gasteiger partial charge in [0.05, 0.1) is 0 Å². The number of hydrogen-bond acceptors (Lipinski definition) is 1. The minimum Gasteiger partial charge on any atom is -0.457 e. The van der Waals surface area contributed by atoms with Gasteiger partial charge >= 0.3 is 0 Å². The molecule has 0 spiro atoms. The predicted molar refractivity (Wildman–Crippen MR) is 182 cm³/mol. The van der Waals surface area contributed by atoms with Gasteiger partial charge in [0.15, 0.2) is 0 Å². The summed E-state index contributed by atoms with van der Waals surface area (Å²) < 4.78 is 5.78. The molecule has 0 bridgehead atoms. The molecule has 0 atom stereocenters. The summed E-state index contributed by atoms with van der Waals surface area (Å²) in [5.74, 6) is 1.79. The molecule has 0 unspecified atom stereocenters. The number of hydrogen-bond donors (Lipinski definition) is 0. The van der Waals surface area contributed by atoms with Crippen molar-refractivity contribution in [2.45, 2.75) is 54.4 Å². The molecule has 212 valence electrons. The van der Waals surface area contributed by atoms with E-state index in [0.29, 0.717) is 0 Å². The Morgan fingerprint density at radius 3 is 0.756 bits per heavy atom. The molecule has 6 rings (SSSR count). The quantitative estimate of drug-likeness (QED) is 0.215. The molecule has 0 aliphatic carbocycles. The van der Waals surface area contributed by atoms with Crippen LogP contribution in [0.3, 0.4) is 0 Å². The highest BCUT2D eigenvalue weighted by Gasteiger charge is 1.97. The molecule has 1 nitrogen and oxygen atoms in total. The van der Waals surface area contributed by atoms with Crippen LogP contribution in [-0.2, 0) is 12.8 Å². The third-order valence-electron chi connectivity index (χ3n) is 6.22. The molecule has 0 aromatic heterocycles. The molecular formula is C40H46O. The number of fused-ring (bicyclic) bond motifs is 2. The van der Waals surface area contributed by atoms with E-state index in [2.05, 4.69) is 135 Å². The van der Waals surface area contributed by atoms with Crippen molar-refractivity contribution in [1.29, 1.82) is 0 Å². The predicted octanol–water partition coefficient (Wildman–Crippen LogP) is 12.3. The fraction of sp³-hybridized carbons (Fsp3) is 0.200. The highest BCUT2D eigenvalue weighted by Crippen LogP contribution is 2.22. The summed E-state index contributed by atoms with van der Waals surface area (Å²) in [6.45, 7) is 12.3. The Labute approximate surface area is 248 Å². The maximum absolute atomic E-state index is 5.78. The van der Waals surface area contributed by atoms with Crippen LogP contribution >= 0.6 is 0 Å². The molecule has 0 N–H and O–H groups in total. The molecule has 0 radical (unpaired) electrons. The van der Waals surface area contributed by atoms with Crippen molar-refractivity contribution in [2.24, 2.45) is 0 Å². The molecule has 6 aromatic carbocycles. The fourth-order valence-electron chi connectivity index (χ4n) is 3.99. The second-order valence-electron chi connectivity index (χ2n) is 8.79. The van der Waals surface area contributed by atoms with E-state index in [1.807, 2.05) is 52.0 Å². The van der Waals surface area contributed by atoms with E-state index in [0.717, 1.165) is 24.3 Å². The Bertz CT molecular complexity index is 1250. The summed E-state index contributed by atoms with van der Waals surface area (Å²) in [6.07, 6.45) is 2.12. The first kappa shape index (κ1) is 32.8. The van der Waals surface area contributed by atoms with Crippen molar-refractivity contribution in [3.63, 3.8) is 0 Å². The first-order valence-corrected chi connectivity index (χ1v) is 15.0. The maximum atomic E-state index is 5.78. The zero-order valence-electron chi connectivity index (χ0n) is 25.7. The van der Waals surface area contributed by atoms with E-state index >= 15 is 0 Å². The molecule has 0 amide bonds. The lowest BCUT2D eigenvalue weighted by Crippen LogP contribution is -1.86. The lowest BCUT2D eigenvalue weighted by molar-refractivity contribution is 0.482. The van der Waals surface area contributed by atoms with Gasteiger partial charge in [-0.1, -0.05) is 163 Å². The van der Waals surface area contributed by atoms with E-state index in [-0.39, 0.29) is 0 Å². The first-order chi connectivity index (χ1) is 20.2. The van der Waals surface area contributed by atoms with Crippen molar-refractivity contribution in [1.82, 2.24) is 0 Å². The van der Waals surface area contributed by atoms with Gasteiger partial charge < -0.3 is 4.74 Å². The van der Waals surface area contributed by atoms with Gasteiger partial charge in [0.1, 0.15) is 11.5 Å². The number of ether oxygens (including phenoxy) is 1. The van der Waals surface area contributed by atoms with Gasteiger partial charge in [0, 0.05) is 0 Å². The standard InChI is InChI=1S/C16H18O.2C10H8.2C2H6/c1-3-13-5-9-15(10-6-13)17-16-11-7-14(4-2)8-12-16;2*1-2-6-10-8-4-3-7-9(10)5-1;2*1-2/h5-12H,3-4H2,1-2H3;2*1-8H;2*1-2H3. The lowest BCUT2D eigenvalue weighted by atomic mass is 10.1. The molecule has 1 heteroatoms. The molecule has 6 aromatic rings. The maximum Gasteiger partial charge on any atom is 0.127 e. The van der Waals surface area contributed by atoms with E-state index in [4.69, 9.17) is 4.74 Å². The summed E-state index contributed by atoms with van der Waals surface area (Å²) in [5.41, 5.74) is 2.66. The second kappa shape index (κ2) is 19.7. The smallest absolute Gasteiger partial charge is 0.127 e. The Morgan fingerprint density at radius 2 is 0.561 bits per heavy atom. The number of benzene rings is 6. The van der Waals surface area contributed by atoms with Crippen LogP contribution in [-0.4, -0.2) is 0 Å². The van der Waals surface area contributed by atoms with E-state index in [1.165, 1.54) is 32.7 Å². The molecular weight excluding hydrogens is 496 g/mol. The van der Waals surface area contributed by atoms with Gasteiger partial charge in [0.25, 0.3) is 0 Å². The minimum atomic E-state index is 0.895. The van der Waals surface area contributed by atoms with Crippen LogP contribution in [0.2, 0.25) is 0 Å². The Balaban J connectivity index is 0.000000212. The van der Waals surface area contributed by atoms with Gasteiger partial charge in [-0.3, -0.25) is 0 Å². The van der Waals surface area contributed by atoms with E-state index in [9.17, 15) is 0 Å². The molecule has 0 aliphatic rings. The fourth-order valence-corrected chi connectivity index (χ4v) is 3.99. The van der Waals surface area contributed by atoms with Crippen LogP contribution in [0.15, 0.2) is 146 Å². The highest BCUT2D eigenvalue weighted by atomic mass is 16.5. The lowest BCUT2D eigenvalue weighted by Gasteiger charge is -2.06.